The first kappa shape index (κ1) is 13.2. The summed E-state index contributed by atoms with van der Waals surface area (Å²) in [5.41, 5.74) is 3.50. The van der Waals surface area contributed by atoms with E-state index in [-0.39, 0.29) is 5.38 Å². The summed E-state index contributed by atoms with van der Waals surface area (Å²) in [4.78, 5) is 0. The largest absolute Gasteiger partial charge is 0.469 e. The predicted octanol–water partition coefficient (Wildman–Crippen LogP) is 5.11. The Bertz CT molecular complexity index is 496. The van der Waals surface area contributed by atoms with Crippen LogP contribution in [-0.4, -0.2) is 0 Å². The quantitative estimate of drug-likeness (QED) is 0.698. The Kier molecular flexibility index (Phi) is 4.13. The van der Waals surface area contributed by atoms with Crippen molar-refractivity contribution < 1.29 is 4.42 Å². The topological polar surface area (TPSA) is 13.1 Å². The third-order valence-electron chi connectivity index (χ3n) is 2.96. The van der Waals surface area contributed by atoms with E-state index >= 15 is 0 Å². The number of alkyl halides is 1. The molecule has 0 saturated heterocycles. The van der Waals surface area contributed by atoms with Crippen LogP contribution in [-0.2, 0) is 6.42 Å². The van der Waals surface area contributed by atoms with E-state index in [1.54, 1.807) is 6.26 Å². The number of furan rings is 1. The number of rotatable bonds is 4. The summed E-state index contributed by atoms with van der Waals surface area (Å²) in [5.74, 6) is 1.58. The highest BCUT2D eigenvalue weighted by molar-refractivity contribution is 6.22. The summed E-state index contributed by atoms with van der Waals surface area (Å²) in [6.07, 6.45) is 2.84. The standard InChI is InChI=1S/C16H19ClO/c1-11(2)8-13-4-6-14(7-5-13)16(17)15-9-12(3)18-10-15/h4-7,9-11,16H,8H2,1-3H3. The molecule has 0 aliphatic carbocycles. The van der Waals surface area contributed by atoms with Gasteiger partial charge in [0.05, 0.1) is 11.6 Å². The molecular weight excluding hydrogens is 244 g/mol. The molecule has 0 N–H and O–H groups in total. The van der Waals surface area contributed by atoms with Gasteiger partial charge in [0.15, 0.2) is 0 Å². The molecule has 0 radical (unpaired) electrons. The molecule has 0 aliphatic rings. The summed E-state index contributed by atoms with van der Waals surface area (Å²) in [7, 11) is 0. The van der Waals surface area contributed by atoms with E-state index in [2.05, 4.69) is 38.1 Å². The van der Waals surface area contributed by atoms with Crippen LogP contribution in [0.4, 0.5) is 0 Å². The molecule has 1 unspecified atom stereocenters. The van der Waals surface area contributed by atoms with Gasteiger partial charge in [0.1, 0.15) is 5.76 Å². The van der Waals surface area contributed by atoms with Gasteiger partial charge in [0.25, 0.3) is 0 Å². The normalized spacial score (nSPS) is 12.9. The molecule has 1 aromatic heterocycles. The van der Waals surface area contributed by atoms with Gasteiger partial charge in [0, 0.05) is 5.56 Å². The van der Waals surface area contributed by atoms with E-state index < -0.39 is 0 Å². The van der Waals surface area contributed by atoms with Crippen LogP contribution in [0, 0.1) is 12.8 Å². The minimum absolute atomic E-state index is 0.129. The highest BCUT2D eigenvalue weighted by Gasteiger charge is 2.13. The lowest BCUT2D eigenvalue weighted by Gasteiger charge is -2.09. The minimum Gasteiger partial charge on any atom is -0.469 e. The SMILES string of the molecule is Cc1cc(C(Cl)c2ccc(CC(C)C)cc2)co1. The zero-order chi connectivity index (χ0) is 13.1. The molecule has 96 valence electrons. The summed E-state index contributed by atoms with van der Waals surface area (Å²) in [6, 6.07) is 10.5. The Morgan fingerprint density at radius 3 is 2.28 bits per heavy atom. The van der Waals surface area contributed by atoms with Gasteiger partial charge in [-0.2, -0.15) is 0 Å². The second-order valence-electron chi connectivity index (χ2n) is 5.19. The number of hydrogen-bond acceptors (Lipinski definition) is 1. The first-order chi connectivity index (χ1) is 8.56. The van der Waals surface area contributed by atoms with Crippen LogP contribution in [0.2, 0.25) is 0 Å². The van der Waals surface area contributed by atoms with E-state index in [9.17, 15) is 0 Å². The number of benzene rings is 1. The van der Waals surface area contributed by atoms with Crippen LogP contribution in [0.15, 0.2) is 41.0 Å². The summed E-state index contributed by atoms with van der Waals surface area (Å²) in [6.45, 7) is 6.39. The number of aryl methyl sites for hydroxylation is 1. The Morgan fingerprint density at radius 2 is 1.78 bits per heavy atom. The third kappa shape index (κ3) is 3.17. The molecule has 18 heavy (non-hydrogen) atoms. The van der Waals surface area contributed by atoms with Gasteiger partial charge < -0.3 is 4.42 Å². The smallest absolute Gasteiger partial charge is 0.101 e. The van der Waals surface area contributed by atoms with Gasteiger partial charge in [-0.05, 0) is 36.5 Å². The molecule has 0 saturated carbocycles. The highest BCUT2D eigenvalue weighted by atomic mass is 35.5. The molecule has 0 amide bonds. The molecule has 1 atom stereocenters. The molecule has 1 heterocycles. The fraction of sp³-hybridized carbons (Fsp3) is 0.375. The molecular formula is C16H19ClO. The van der Waals surface area contributed by atoms with Crippen LogP contribution >= 0.6 is 11.6 Å². The Balaban J connectivity index is 2.14. The van der Waals surface area contributed by atoms with Gasteiger partial charge in [-0.1, -0.05) is 38.1 Å². The Hall–Kier alpha value is -1.21. The molecule has 0 bridgehead atoms. The van der Waals surface area contributed by atoms with E-state index in [0.717, 1.165) is 23.3 Å². The summed E-state index contributed by atoms with van der Waals surface area (Å²) < 4.78 is 5.30. The van der Waals surface area contributed by atoms with E-state index in [1.807, 2.05) is 13.0 Å². The van der Waals surface area contributed by atoms with Crippen molar-refractivity contribution in [3.05, 3.63) is 59.0 Å². The summed E-state index contributed by atoms with van der Waals surface area (Å²) >= 11 is 6.44. The van der Waals surface area contributed by atoms with Gasteiger partial charge in [-0.25, -0.2) is 0 Å². The molecule has 1 aromatic carbocycles. The molecule has 0 spiro atoms. The molecule has 2 heteroatoms. The van der Waals surface area contributed by atoms with Crippen molar-refractivity contribution in [3.63, 3.8) is 0 Å². The molecule has 0 fully saturated rings. The Labute approximate surface area is 114 Å². The van der Waals surface area contributed by atoms with E-state index in [0.29, 0.717) is 5.92 Å². The van der Waals surface area contributed by atoms with Gasteiger partial charge in [-0.15, -0.1) is 11.6 Å². The van der Waals surface area contributed by atoms with Crippen LogP contribution in [0.25, 0.3) is 0 Å². The van der Waals surface area contributed by atoms with Crippen molar-refractivity contribution in [2.45, 2.75) is 32.6 Å². The average molecular weight is 263 g/mol. The number of halogens is 1. The lowest BCUT2D eigenvalue weighted by Crippen LogP contribution is -1.96. The minimum atomic E-state index is -0.129. The van der Waals surface area contributed by atoms with E-state index in [1.165, 1.54) is 5.56 Å². The molecule has 2 aromatic rings. The second kappa shape index (κ2) is 5.62. The van der Waals surface area contributed by atoms with Gasteiger partial charge in [0.2, 0.25) is 0 Å². The zero-order valence-corrected chi connectivity index (χ0v) is 11.9. The van der Waals surface area contributed by atoms with Crippen LogP contribution in [0.5, 0.6) is 0 Å². The monoisotopic (exact) mass is 262 g/mol. The fourth-order valence-electron chi connectivity index (χ4n) is 2.08. The van der Waals surface area contributed by atoms with Crippen LogP contribution in [0.1, 0.15) is 41.7 Å². The van der Waals surface area contributed by atoms with Crippen molar-refractivity contribution in [3.8, 4) is 0 Å². The lowest BCUT2D eigenvalue weighted by atomic mass is 10.00. The maximum atomic E-state index is 6.44. The lowest BCUT2D eigenvalue weighted by molar-refractivity contribution is 0.532. The highest BCUT2D eigenvalue weighted by Crippen LogP contribution is 2.30. The molecule has 1 nitrogen and oxygen atoms in total. The third-order valence-corrected chi connectivity index (χ3v) is 3.46. The van der Waals surface area contributed by atoms with Crippen molar-refractivity contribution in [2.75, 3.05) is 0 Å². The predicted molar refractivity (Wildman–Crippen MR) is 76.1 cm³/mol. The molecule has 2 rings (SSSR count). The van der Waals surface area contributed by atoms with Crippen molar-refractivity contribution in [1.29, 1.82) is 0 Å². The second-order valence-corrected chi connectivity index (χ2v) is 5.63. The molecule has 0 aliphatic heterocycles. The Morgan fingerprint density at radius 1 is 1.11 bits per heavy atom. The van der Waals surface area contributed by atoms with Crippen LogP contribution in [0.3, 0.4) is 0 Å². The van der Waals surface area contributed by atoms with Crippen LogP contribution < -0.4 is 0 Å². The zero-order valence-electron chi connectivity index (χ0n) is 11.1. The first-order valence-electron chi connectivity index (χ1n) is 6.34. The number of hydrogen-bond donors (Lipinski definition) is 0. The van der Waals surface area contributed by atoms with Gasteiger partial charge in [-0.3, -0.25) is 0 Å². The van der Waals surface area contributed by atoms with Gasteiger partial charge >= 0.3 is 0 Å². The fourth-order valence-corrected chi connectivity index (χ4v) is 2.34. The van der Waals surface area contributed by atoms with E-state index in [4.69, 9.17) is 16.0 Å². The average Bonchev–Trinajstić information content (AvgIpc) is 2.75. The summed E-state index contributed by atoms with van der Waals surface area (Å²) in [5, 5.41) is -0.129. The maximum absolute atomic E-state index is 6.44. The maximum Gasteiger partial charge on any atom is 0.101 e. The van der Waals surface area contributed by atoms with Crippen molar-refractivity contribution in [1.82, 2.24) is 0 Å². The van der Waals surface area contributed by atoms with Crippen molar-refractivity contribution in [2.24, 2.45) is 5.92 Å². The van der Waals surface area contributed by atoms with Crippen molar-refractivity contribution >= 4 is 11.6 Å². The first-order valence-corrected chi connectivity index (χ1v) is 6.78.